The molecule has 0 saturated carbocycles. The van der Waals surface area contributed by atoms with E-state index in [1.54, 1.807) is 6.07 Å². The molecule has 1 aromatic carbocycles. The summed E-state index contributed by atoms with van der Waals surface area (Å²) in [5.74, 6) is -0.321. The molecule has 2 atom stereocenters. The van der Waals surface area contributed by atoms with E-state index >= 15 is 0 Å². The van der Waals surface area contributed by atoms with Crippen LogP contribution in [-0.2, 0) is 4.74 Å². The fraction of sp³-hybridized carbons (Fsp3) is 0.611. The van der Waals surface area contributed by atoms with E-state index in [2.05, 4.69) is 10.6 Å². The lowest BCUT2D eigenvalue weighted by molar-refractivity contribution is 0.0518. The molecular weight excluding hydrogens is 311 g/mol. The van der Waals surface area contributed by atoms with Gasteiger partial charge in [-0.1, -0.05) is 19.9 Å². The van der Waals surface area contributed by atoms with Crippen LogP contribution in [0.4, 0.5) is 9.18 Å². The number of hydrogen-bond acceptors (Lipinski definition) is 4. The van der Waals surface area contributed by atoms with Gasteiger partial charge in [-0.15, -0.1) is 0 Å². The Kier molecular flexibility index (Phi) is 7.02. The van der Waals surface area contributed by atoms with E-state index in [-0.39, 0.29) is 23.8 Å². The summed E-state index contributed by atoms with van der Waals surface area (Å²) >= 11 is 0. The van der Waals surface area contributed by atoms with Crippen molar-refractivity contribution < 1.29 is 19.0 Å². The maximum atomic E-state index is 13.1. The van der Waals surface area contributed by atoms with Crippen molar-refractivity contribution >= 4 is 6.09 Å². The number of hydrogen-bond donors (Lipinski definition) is 3. The lowest BCUT2D eigenvalue weighted by Crippen LogP contribution is -2.46. The minimum absolute atomic E-state index is 0.0306. The fourth-order valence-electron chi connectivity index (χ4n) is 2.29. The topological polar surface area (TPSA) is 70.6 Å². The van der Waals surface area contributed by atoms with Crippen molar-refractivity contribution in [3.05, 3.63) is 29.6 Å². The molecule has 0 fully saturated rings. The van der Waals surface area contributed by atoms with Gasteiger partial charge in [0, 0.05) is 30.3 Å². The Morgan fingerprint density at radius 3 is 2.42 bits per heavy atom. The van der Waals surface area contributed by atoms with Gasteiger partial charge in [0.05, 0.1) is 0 Å². The van der Waals surface area contributed by atoms with E-state index in [0.29, 0.717) is 12.1 Å². The van der Waals surface area contributed by atoms with Crippen LogP contribution in [0.2, 0.25) is 0 Å². The normalized spacial score (nSPS) is 14.3. The molecule has 0 aliphatic carbocycles. The first-order valence-electron chi connectivity index (χ1n) is 8.21. The zero-order valence-electron chi connectivity index (χ0n) is 15.3. The standard InChI is InChI=1S/C18H29FN2O3/c1-11(2)15(10-20-17(23)24-18(4,5)6)21-12(3)14-8-7-13(19)9-16(14)22/h7-9,11-12,15,21-22H,10H2,1-6H3,(H,20,23). The zero-order chi connectivity index (χ0) is 18.5. The third-order valence-electron chi connectivity index (χ3n) is 3.59. The predicted octanol–water partition coefficient (Wildman–Crippen LogP) is 3.73. The van der Waals surface area contributed by atoms with Crippen molar-refractivity contribution in [2.75, 3.05) is 6.54 Å². The van der Waals surface area contributed by atoms with E-state index in [4.69, 9.17) is 4.74 Å². The number of benzene rings is 1. The first-order valence-corrected chi connectivity index (χ1v) is 8.21. The van der Waals surface area contributed by atoms with Gasteiger partial charge >= 0.3 is 6.09 Å². The van der Waals surface area contributed by atoms with Crippen LogP contribution in [-0.4, -0.2) is 29.4 Å². The molecule has 3 N–H and O–H groups in total. The maximum Gasteiger partial charge on any atom is 0.407 e. The molecule has 0 aliphatic rings. The zero-order valence-corrected chi connectivity index (χ0v) is 15.3. The highest BCUT2D eigenvalue weighted by molar-refractivity contribution is 5.67. The van der Waals surface area contributed by atoms with Crippen LogP contribution in [0.25, 0.3) is 0 Å². The highest BCUT2D eigenvalue weighted by Gasteiger charge is 2.21. The molecule has 0 aromatic heterocycles. The number of phenolic OH excluding ortho intramolecular Hbond substituents is 1. The number of nitrogens with one attached hydrogen (secondary N) is 2. The Morgan fingerprint density at radius 2 is 1.92 bits per heavy atom. The third kappa shape index (κ3) is 6.74. The summed E-state index contributed by atoms with van der Waals surface area (Å²) in [4.78, 5) is 11.8. The van der Waals surface area contributed by atoms with E-state index < -0.39 is 17.5 Å². The third-order valence-corrected chi connectivity index (χ3v) is 3.59. The van der Waals surface area contributed by atoms with E-state index in [1.165, 1.54) is 6.07 Å². The van der Waals surface area contributed by atoms with E-state index in [9.17, 15) is 14.3 Å². The molecule has 24 heavy (non-hydrogen) atoms. The summed E-state index contributed by atoms with van der Waals surface area (Å²) in [5.41, 5.74) is 0.0669. The van der Waals surface area contributed by atoms with Crippen LogP contribution >= 0.6 is 0 Å². The van der Waals surface area contributed by atoms with Gasteiger partial charge in [0.2, 0.25) is 0 Å². The summed E-state index contributed by atoms with van der Waals surface area (Å²) in [6.07, 6.45) is -0.466. The molecule has 1 amide bonds. The number of halogens is 1. The van der Waals surface area contributed by atoms with E-state index in [0.717, 1.165) is 6.07 Å². The molecule has 1 aromatic rings. The number of amides is 1. The minimum atomic E-state index is -0.544. The number of carbonyl (C=O) groups is 1. The average molecular weight is 340 g/mol. The summed E-state index contributed by atoms with van der Waals surface area (Å²) in [6, 6.07) is 3.74. The number of carbonyl (C=O) groups excluding carboxylic acids is 1. The Bertz CT molecular complexity index is 556. The van der Waals surface area contributed by atoms with Crippen LogP contribution in [0.5, 0.6) is 5.75 Å². The van der Waals surface area contributed by atoms with Crippen molar-refractivity contribution in [2.45, 2.75) is 59.2 Å². The molecule has 0 bridgehead atoms. The molecule has 5 nitrogen and oxygen atoms in total. The summed E-state index contributed by atoms with van der Waals surface area (Å²) in [5, 5.41) is 16.0. The van der Waals surface area contributed by atoms with Gasteiger partial charge in [-0.25, -0.2) is 9.18 Å². The Balaban J connectivity index is 2.67. The molecule has 0 aliphatic heterocycles. The Morgan fingerprint density at radius 1 is 1.29 bits per heavy atom. The number of rotatable bonds is 6. The highest BCUT2D eigenvalue weighted by Crippen LogP contribution is 2.25. The highest BCUT2D eigenvalue weighted by atomic mass is 19.1. The van der Waals surface area contributed by atoms with Gasteiger partial charge < -0.3 is 20.5 Å². The lowest BCUT2D eigenvalue weighted by atomic mass is 10.0. The van der Waals surface area contributed by atoms with Crippen LogP contribution in [0.3, 0.4) is 0 Å². The Hall–Kier alpha value is -1.82. The molecule has 0 saturated heterocycles. The largest absolute Gasteiger partial charge is 0.508 e. The monoisotopic (exact) mass is 340 g/mol. The fourth-order valence-corrected chi connectivity index (χ4v) is 2.29. The SMILES string of the molecule is CC(NC(CNC(=O)OC(C)(C)C)C(C)C)c1ccc(F)cc1O. The average Bonchev–Trinajstić information content (AvgIpc) is 2.40. The minimum Gasteiger partial charge on any atom is -0.508 e. The molecule has 0 spiro atoms. The first-order chi connectivity index (χ1) is 11.0. The smallest absolute Gasteiger partial charge is 0.407 e. The number of aromatic hydroxyl groups is 1. The number of alkyl carbamates (subject to hydrolysis) is 1. The summed E-state index contributed by atoms with van der Waals surface area (Å²) in [6.45, 7) is 11.8. The molecule has 6 heteroatoms. The number of phenols is 1. The first kappa shape index (κ1) is 20.2. The molecule has 136 valence electrons. The van der Waals surface area contributed by atoms with Crippen molar-refractivity contribution in [3.8, 4) is 5.75 Å². The predicted molar refractivity (Wildman–Crippen MR) is 92.5 cm³/mol. The van der Waals surface area contributed by atoms with Crippen LogP contribution < -0.4 is 10.6 Å². The maximum absolute atomic E-state index is 13.1. The van der Waals surface area contributed by atoms with Gasteiger partial charge in [0.25, 0.3) is 0 Å². The van der Waals surface area contributed by atoms with Crippen molar-refractivity contribution in [2.24, 2.45) is 5.92 Å². The molecule has 0 heterocycles. The van der Waals surface area contributed by atoms with Crippen LogP contribution in [0.15, 0.2) is 18.2 Å². The van der Waals surface area contributed by atoms with E-state index in [1.807, 2.05) is 41.5 Å². The molecule has 0 radical (unpaired) electrons. The van der Waals surface area contributed by atoms with Gasteiger partial charge in [0.1, 0.15) is 17.2 Å². The lowest BCUT2D eigenvalue weighted by Gasteiger charge is -2.28. The second kappa shape index (κ2) is 8.33. The molecular formula is C18H29FN2O3. The second-order valence-corrected chi connectivity index (χ2v) is 7.32. The molecule has 2 unspecified atom stereocenters. The van der Waals surface area contributed by atoms with Crippen molar-refractivity contribution in [3.63, 3.8) is 0 Å². The van der Waals surface area contributed by atoms with Gasteiger partial charge in [-0.05, 0) is 39.7 Å². The molecule has 1 rings (SSSR count). The Labute approximate surface area is 143 Å². The van der Waals surface area contributed by atoms with Crippen LogP contribution in [0, 0.1) is 11.7 Å². The van der Waals surface area contributed by atoms with Crippen molar-refractivity contribution in [1.82, 2.24) is 10.6 Å². The van der Waals surface area contributed by atoms with Gasteiger partial charge in [-0.2, -0.15) is 0 Å². The van der Waals surface area contributed by atoms with Crippen LogP contribution in [0.1, 0.15) is 53.1 Å². The number of ether oxygens (including phenoxy) is 1. The van der Waals surface area contributed by atoms with Crippen molar-refractivity contribution in [1.29, 1.82) is 0 Å². The van der Waals surface area contributed by atoms with Gasteiger partial charge in [0.15, 0.2) is 0 Å². The quantitative estimate of drug-likeness (QED) is 0.738. The summed E-state index contributed by atoms with van der Waals surface area (Å²) in [7, 11) is 0. The summed E-state index contributed by atoms with van der Waals surface area (Å²) < 4.78 is 18.3. The van der Waals surface area contributed by atoms with Gasteiger partial charge in [-0.3, -0.25) is 0 Å². The second-order valence-electron chi connectivity index (χ2n) is 7.32.